The van der Waals surface area contributed by atoms with Crippen LogP contribution < -0.4 is 0 Å². The van der Waals surface area contributed by atoms with Gasteiger partial charge in [-0.2, -0.15) is 0 Å². The molecule has 1 aromatic rings. The van der Waals surface area contributed by atoms with Crippen molar-refractivity contribution in [3.05, 3.63) is 36.4 Å². The van der Waals surface area contributed by atoms with Crippen molar-refractivity contribution in [2.24, 2.45) is 0 Å². The van der Waals surface area contributed by atoms with Crippen LogP contribution in [0, 0.1) is 0 Å². The maximum absolute atomic E-state index is 11.3. The Morgan fingerprint density at radius 1 is 0.680 bits per heavy atom. The van der Waals surface area contributed by atoms with Crippen LogP contribution in [0.2, 0.25) is 0 Å². The summed E-state index contributed by atoms with van der Waals surface area (Å²) in [6, 6.07) is 12.0. The van der Waals surface area contributed by atoms with Crippen molar-refractivity contribution < 1.29 is 9.53 Å². The summed E-state index contributed by atoms with van der Waals surface area (Å²) in [5.41, 5.74) is 0. The summed E-state index contributed by atoms with van der Waals surface area (Å²) in [6.07, 6.45) is 15.1. The lowest BCUT2D eigenvalue weighted by Gasteiger charge is -2.07. The van der Waals surface area contributed by atoms with E-state index in [9.17, 15) is 4.79 Å². The summed E-state index contributed by atoms with van der Waals surface area (Å²) < 4.78 is 5.10. The molecule has 0 atom stereocenters. The number of hydrogen-bond donors (Lipinski definition) is 0. The maximum atomic E-state index is 11.3. The molecule has 0 saturated carbocycles. The highest BCUT2D eigenvalue weighted by Crippen LogP contribution is 2.12. The second kappa shape index (κ2) is 19.0. The third kappa shape index (κ3) is 20.6. The summed E-state index contributed by atoms with van der Waals surface area (Å²) in [7, 11) is 0. The van der Waals surface area contributed by atoms with E-state index in [0.29, 0.717) is 6.42 Å². The van der Waals surface area contributed by atoms with Gasteiger partial charge < -0.3 is 4.74 Å². The standard InChI is InChI=1S/C17H34O2.C6H6/c1-4-5-6-7-8-9-10-11-12-13-14-15-17(18)19-16(2)3;1-2-4-6-5-3-1/h16H,4-15H2,1-3H3;1-6H. The van der Waals surface area contributed by atoms with E-state index in [-0.39, 0.29) is 12.1 Å². The Hall–Kier alpha value is -1.31. The van der Waals surface area contributed by atoms with E-state index < -0.39 is 0 Å². The van der Waals surface area contributed by atoms with E-state index in [2.05, 4.69) is 6.92 Å². The molecule has 1 aromatic carbocycles. The molecule has 2 heteroatoms. The molecule has 0 aliphatic heterocycles. The minimum atomic E-state index is -0.0362. The van der Waals surface area contributed by atoms with E-state index in [1.807, 2.05) is 50.2 Å². The van der Waals surface area contributed by atoms with Crippen molar-refractivity contribution in [2.75, 3.05) is 0 Å². The van der Waals surface area contributed by atoms with Gasteiger partial charge in [-0.3, -0.25) is 4.79 Å². The van der Waals surface area contributed by atoms with Gasteiger partial charge in [0.05, 0.1) is 6.10 Å². The van der Waals surface area contributed by atoms with Crippen LogP contribution in [0.3, 0.4) is 0 Å². The molecule has 144 valence electrons. The molecule has 0 radical (unpaired) electrons. The second-order valence-corrected chi connectivity index (χ2v) is 6.98. The molecule has 0 aliphatic rings. The van der Waals surface area contributed by atoms with E-state index in [0.717, 1.165) is 6.42 Å². The molecule has 0 N–H and O–H groups in total. The van der Waals surface area contributed by atoms with Gasteiger partial charge in [0.25, 0.3) is 0 Å². The Morgan fingerprint density at radius 2 is 1.04 bits per heavy atom. The Bertz CT molecular complexity index is 346. The van der Waals surface area contributed by atoms with Gasteiger partial charge in [-0.25, -0.2) is 0 Å². The largest absolute Gasteiger partial charge is 0.463 e. The zero-order chi connectivity index (χ0) is 18.6. The summed E-state index contributed by atoms with van der Waals surface area (Å²) in [6.45, 7) is 6.06. The summed E-state index contributed by atoms with van der Waals surface area (Å²) in [4.78, 5) is 11.3. The van der Waals surface area contributed by atoms with Crippen molar-refractivity contribution >= 4 is 5.97 Å². The molecule has 0 saturated heterocycles. The minimum Gasteiger partial charge on any atom is -0.463 e. The molecular weight excluding hydrogens is 308 g/mol. The number of hydrogen-bond acceptors (Lipinski definition) is 2. The van der Waals surface area contributed by atoms with E-state index in [1.165, 1.54) is 64.2 Å². The number of carbonyl (C=O) groups excluding carboxylic acids is 1. The van der Waals surface area contributed by atoms with Crippen molar-refractivity contribution in [2.45, 2.75) is 104 Å². The van der Waals surface area contributed by atoms with Gasteiger partial charge in [0.1, 0.15) is 0 Å². The predicted molar refractivity (Wildman–Crippen MR) is 109 cm³/mol. The molecule has 0 spiro atoms. The molecule has 1 rings (SSSR count). The van der Waals surface area contributed by atoms with E-state index in [1.54, 1.807) is 0 Å². The summed E-state index contributed by atoms with van der Waals surface area (Å²) in [5, 5.41) is 0. The lowest BCUT2D eigenvalue weighted by Crippen LogP contribution is -2.10. The molecule has 25 heavy (non-hydrogen) atoms. The van der Waals surface area contributed by atoms with Crippen molar-refractivity contribution in [1.82, 2.24) is 0 Å². The first-order valence-corrected chi connectivity index (χ1v) is 10.4. The van der Waals surface area contributed by atoms with Gasteiger partial charge in [-0.1, -0.05) is 108 Å². The molecule has 0 heterocycles. The normalized spacial score (nSPS) is 10.2. The van der Waals surface area contributed by atoms with Gasteiger partial charge in [0.15, 0.2) is 0 Å². The minimum absolute atomic E-state index is 0.0280. The van der Waals surface area contributed by atoms with Crippen LogP contribution in [0.1, 0.15) is 97.8 Å². The first kappa shape index (κ1) is 23.7. The van der Waals surface area contributed by atoms with E-state index >= 15 is 0 Å². The Balaban J connectivity index is 0.000000796. The number of unbranched alkanes of at least 4 members (excludes halogenated alkanes) is 10. The number of benzene rings is 1. The third-order valence-electron chi connectivity index (χ3n) is 4.02. The molecule has 0 fully saturated rings. The van der Waals surface area contributed by atoms with Crippen LogP contribution in [-0.4, -0.2) is 12.1 Å². The zero-order valence-corrected chi connectivity index (χ0v) is 16.8. The molecule has 0 bridgehead atoms. The lowest BCUT2D eigenvalue weighted by molar-refractivity contribution is -0.147. The number of carbonyl (C=O) groups is 1. The van der Waals surface area contributed by atoms with Crippen LogP contribution in [-0.2, 0) is 9.53 Å². The fourth-order valence-electron chi connectivity index (χ4n) is 2.64. The van der Waals surface area contributed by atoms with E-state index in [4.69, 9.17) is 4.74 Å². The molecular formula is C23H40O2. The number of rotatable bonds is 13. The van der Waals surface area contributed by atoms with Crippen molar-refractivity contribution in [3.63, 3.8) is 0 Å². The van der Waals surface area contributed by atoms with Crippen LogP contribution >= 0.6 is 0 Å². The van der Waals surface area contributed by atoms with Crippen LogP contribution in [0.25, 0.3) is 0 Å². The molecule has 2 nitrogen and oxygen atoms in total. The highest BCUT2D eigenvalue weighted by Gasteiger charge is 2.04. The van der Waals surface area contributed by atoms with Gasteiger partial charge in [-0.05, 0) is 20.3 Å². The molecule has 0 amide bonds. The zero-order valence-electron chi connectivity index (χ0n) is 16.8. The number of ether oxygens (including phenoxy) is 1. The van der Waals surface area contributed by atoms with Crippen molar-refractivity contribution in [1.29, 1.82) is 0 Å². The number of esters is 1. The van der Waals surface area contributed by atoms with Crippen LogP contribution in [0.15, 0.2) is 36.4 Å². The Labute approximate surface area is 156 Å². The fraction of sp³-hybridized carbons (Fsp3) is 0.696. The molecule has 0 unspecified atom stereocenters. The lowest BCUT2D eigenvalue weighted by atomic mass is 10.1. The molecule has 0 aliphatic carbocycles. The highest BCUT2D eigenvalue weighted by molar-refractivity contribution is 5.69. The second-order valence-electron chi connectivity index (χ2n) is 6.98. The first-order valence-electron chi connectivity index (χ1n) is 10.4. The van der Waals surface area contributed by atoms with Gasteiger partial charge in [0, 0.05) is 6.42 Å². The average Bonchev–Trinajstić information content (AvgIpc) is 2.61. The fourth-order valence-corrected chi connectivity index (χ4v) is 2.64. The average molecular weight is 349 g/mol. The van der Waals surface area contributed by atoms with Gasteiger partial charge >= 0.3 is 5.97 Å². The van der Waals surface area contributed by atoms with Crippen LogP contribution in [0.5, 0.6) is 0 Å². The smallest absolute Gasteiger partial charge is 0.306 e. The highest BCUT2D eigenvalue weighted by atomic mass is 16.5. The molecule has 0 aromatic heterocycles. The van der Waals surface area contributed by atoms with Crippen molar-refractivity contribution in [3.8, 4) is 0 Å². The monoisotopic (exact) mass is 348 g/mol. The SMILES string of the molecule is CCCCCCCCCCCCCC(=O)OC(C)C.c1ccccc1. The summed E-state index contributed by atoms with van der Waals surface area (Å²) in [5.74, 6) is -0.0362. The first-order chi connectivity index (χ1) is 12.2. The van der Waals surface area contributed by atoms with Gasteiger partial charge in [-0.15, -0.1) is 0 Å². The Morgan fingerprint density at radius 3 is 1.40 bits per heavy atom. The Kier molecular flexibility index (Phi) is 18.0. The topological polar surface area (TPSA) is 26.3 Å². The summed E-state index contributed by atoms with van der Waals surface area (Å²) >= 11 is 0. The van der Waals surface area contributed by atoms with Crippen LogP contribution in [0.4, 0.5) is 0 Å². The maximum Gasteiger partial charge on any atom is 0.306 e. The predicted octanol–water partition coefficient (Wildman–Crippen LogP) is 7.33. The third-order valence-corrected chi connectivity index (χ3v) is 4.02. The van der Waals surface area contributed by atoms with Gasteiger partial charge in [0.2, 0.25) is 0 Å². The quantitative estimate of drug-likeness (QED) is 0.275.